The molecule has 1 aliphatic carbocycles. The Kier molecular flexibility index (Phi) is 6.32. The molecule has 5 nitrogen and oxygen atoms in total. The van der Waals surface area contributed by atoms with Crippen molar-refractivity contribution >= 4 is 6.03 Å². The maximum Gasteiger partial charge on any atom is 0.315 e. The quantitative estimate of drug-likeness (QED) is 0.768. The normalized spacial score (nSPS) is 25.0. The van der Waals surface area contributed by atoms with Crippen LogP contribution in [0.25, 0.3) is 0 Å². The third-order valence-corrected chi connectivity index (χ3v) is 5.56. The van der Waals surface area contributed by atoms with Gasteiger partial charge >= 0.3 is 6.03 Å². The lowest BCUT2D eigenvalue weighted by molar-refractivity contribution is 0.132. The minimum absolute atomic E-state index is 0.0868. The topological polar surface area (TPSA) is 64.6 Å². The second-order valence-electron chi connectivity index (χ2n) is 7.65. The molecule has 1 aliphatic heterocycles. The van der Waals surface area contributed by atoms with Gasteiger partial charge in [0, 0.05) is 38.1 Å². The minimum Gasteiger partial charge on any atom is -0.393 e. The second kappa shape index (κ2) is 8.68. The lowest BCUT2D eigenvalue weighted by atomic mass is 10.0. The molecular formula is C20H31N3O2. The molecule has 0 aromatic heterocycles. The van der Waals surface area contributed by atoms with Crippen LogP contribution in [0.15, 0.2) is 24.3 Å². The van der Waals surface area contributed by atoms with E-state index in [1.165, 1.54) is 11.1 Å². The Morgan fingerprint density at radius 2 is 2.04 bits per heavy atom. The number of benzene rings is 1. The summed E-state index contributed by atoms with van der Waals surface area (Å²) in [5.74, 6) is 0.224. The standard InChI is InChI=1S/C20H31N3O2/c1-15-4-2-5-16(12-15)14-23-10-8-18(9-11-23)22-20(25)21-13-17-6-3-7-19(17)24/h2,4-5,12,17-19,24H,3,6-11,13-14H2,1H3,(H2,21,22,25)/t17-,19+/m0/s1. The van der Waals surface area contributed by atoms with Gasteiger partial charge in [0.05, 0.1) is 6.10 Å². The Hall–Kier alpha value is -1.59. The fourth-order valence-corrected chi connectivity index (χ4v) is 4.02. The van der Waals surface area contributed by atoms with Crippen molar-refractivity contribution in [2.75, 3.05) is 19.6 Å². The van der Waals surface area contributed by atoms with Crippen molar-refractivity contribution in [1.29, 1.82) is 0 Å². The molecular weight excluding hydrogens is 314 g/mol. The summed E-state index contributed by atoms with van der Waals surface area (Å²) in [6.45, 7) is 5.72. The van der Waals surface area contributed by atoms with Crippen LogP contribution < -0.4 is 10.6 Å². The van der Waals surface area contributed by atoms with Crippen molar-refractivity contribution < 1.29 is 9.90 Å². The van der Waals surface area contributed by atoms with Gasteiger partial charge in [-0.15, -0.1) is 0 Å². The molecule has 1 heterocycles. The van der Waals surface area contributed by atoms with Gasteiger partial charge in [-0.3, -0.25) is 4.90 Å². The maximum atomic E-state index is 12.1. The number of aliphatic hydroxyl groups excluding tert-OH is 1. The summed E-state index contributed by atoms with van der Waals surface area (Å²) in [6.07, 6.45) is 4.68. The number of aryl methyl sites for hydroxylation is 1. The van der Waals surface area contributed by atoms with Crippen molar-refractivity contribution in [2.24, 2.45) is 5.92 Å². The van der Waals surface area contributed by atoms with Gasteiger partial charge in [0.1, 0.15) is 0 Å². The Bertz CT molecular complexity index is 570. The first-order chi connectivity index (χ1) is 12.1. The molecule has 138 valence electrons. The third kappa shape index (κ3) is 5.44. The van der Waals surface area contributed by atoms with E-state index < -0.39 is 0 Å². The van der Waals surface area contributed by atoms with Crippen LogP contribution in [0.4, 0.5) is 4.79 Å². The van der Waals surface area contributed by atoms with Crippen molar-refractivity contribution in [3.63, 3.8) is 0 Å². The Morgan fingerprint density at radius 1 is 1.24 bits per heavy atom. The number of urea groups is 1. The SMILES string of the molecule is Cc1cccc(CN2CCC(NC(=O)NC[C@@H]3CCC[C@H]3O)CC2)c1. The van der Waals surface area contributed by atoms with Crippen molar-refractivity contribution in [2.45, 2.75) is 57.7 Å². The Labute approximate surface area is 150 Å². The summed E-state index contributed by atoms with van der Waals surface area (Å²) >= 11 is 0. The number of rotatable bonds is 5. The number of carbonyl (C=O) groups excluding carboxylic acids is 1. The number of hydrogen-bond donors (Lipinski definition) is 3. The maximum absolute atomic E-state index is 12.1. The molecule has 1 saturated carbocycles. The van der Waals surface area contributed by atoms with Crippen LogP contribution in [0.3, 0.4) is 0 Å². The molecule has 2 aliphatic rings. The highest BCUT2D eigenvalue weighted by molar-refractivity contribution is 5.74. The van der Waals surface area contributed by atoms with Crippen molar-refractivity contribution in [3.05, 3.63) is 35.4 Å². The summed E-state index contributed by atoms with van der Waals surface area (Å²) in [4.78, 5) is 14.5. The summed E-state index contributed by atoms with van der Waals surface area (Å²) in [6, 6.07) is 8.84. The smallest absolute Gasteiger partial charge is 0.315 e. The zero-order valence-electron chi connectivity index (χ0n) is 15.2. The van der Waals surface area contributed by atoms with Gasteiger partial charge < -0.3 is 15.7 Å². The van der Waals surface area contributed by atoms with Crippen LogP contribution in [0.1, 0.15) is 43.2 Å². The monoisotopic (exact) mass is 345 g/mol. The van der Waals surface area contributed by atoms with Crippen molar-refractivity contribution in [1.82, 2.24) is 15.5 Å². The van der Waals surface area contributed by atoms with E-state index >= 15 is 0 Å². The minimum atomic E-state index is -0.245. The lowest BCUT2D eigenvalue weighted by Gasteiger charge is -2.32. The zero-order chi connectivity index (χ0) is 17.6. The summed E-state index contributed by atoms with van der Waals surface area (Å²) in [5, 5.41) is 15.8. The fraction of sp³-hybridized carbons (Fsp3) is 0.650. The van der Waals surface area contributed by atoms with E-state index in [1.54, 1.807) is 0 Å². The molecule has 0 bridgehead atoms. The van der Waals surface area contributed by atoms with Crippen LogP contribution in [-0.2, 0) is 6.54 Å². The van der Waals surface area contributed by atoms with Gasteiger partial charge in [0.2, 0.25) is 0 Å². The predicted molar refractivity (Wildman–Crippen MR) is 99.4 cm³/mol. The first-order valence-electron chi connectivity index (χ1n) is 9.60. The van der Waals surface area contributed by atoms with Crippen molar-refractivity contribution in [3.8, 4) is 0 Å². The second-order valence-corrected chi connectivity index (χ2v) is 7.65. The number of likely N-dealkylation sites (tertiary alicyclic amines) is 1. The van der Waals surface area contributed by atoms with Gasteiger partial charge in [-0.25, -0.2) is 4.79 Å². The Balaban J connectivity index is 1.35. The summed E-state index contributed by atoms with van der Waals surface area (Å²) in [7, 11) is 0. The number of amides is 2. The third-order valence-electron chi connectivity index (χ3n) is 5.56. The van der Waals surface area contributed by atoms with E-state index in [0.717, 1.165) is 51.7 Å². The van der Waals surface area contributed by atoms with Crippen LogP contribution in [0.2, 0.25) is 0 Å². The van der Waals surface area contributed by atoms with E-state index in [-0.39, 0.29) is 24.1 Å². The van der Waals surface area contributed by atoms with Crippen LogP contribution in [0, 0.1) is 12.8 Å². The molecule has 3 N–H and O–H groups in total. The summed E-state index contributed by atoms with van der Waals surface area (Å²) in [5.41, 5.74) is 2.66. The molecule has 1 aromatic rings. The molecule has 2 atom stereocenters. The molecule has 2 amide bonds. The number of aliphatic hydroxyl groups is 1. The molecule has 1 aromatic carbocycles. The molecule has 5 heteroatoms. The molecule has 25 heavy (non-hydrogen) atoms. The number of hydrogen-bond acceptors (Lipinski definition) is 3. The van der Waals surface area contributed by atoms with E-state index in [2.05, 4.69) is 46.7 Å². The van der Waals surface area contributed by atoms with Gasteiger partial charge in [-0.1, -0.05) is 36.2 Å². The predicted octanol–water partition coefficient (Wildman–Crippen LogP) is 2.42. The summed E-state index contributed by atoms with van der Waals surface area (Å²) < 4.78 is 0. The fourth-order valence-electron chi connectivity index (χ4n) is 4.02. The average molecular weight is 345 g/mol. The molecule has 3 rings (SSSR count). The van der Waals surface area contributed by atoms with E-state index in [9.17, 15) is 9.90 Å². The molecule has 0 radical (unpaired) electrons. The van der Waals surface area contributed by atoms with Crippen LogP contribution >= 0.6 is 0 Å². The average Bonchev–Trinajstić information content (AvgIpc) is 3.00. The largest absolute Gasteiger partial charge is 0.393 e. The zero-order valence-corrected chi connectivity index (χ0v) is 15.2. The number of nitrogens with one attached hydrogen (secondary N) is 2. The van der Waals surface area contributed by atoms with E-state index in [0.29, 0.717) is 6.54 Å². The van der Waals surface area contributed by atoms with E-state index in [4.69, 9.17) is 0 Å². The molecule has 0 unspecified atom stereocenters. The van der Waals surface area contributed by atoms with Gasteiger partial charge in [0.25, 0.3) is 0 Å². The number of nitrogens with zero attached hydrogens (tertiary/aromatic N) is 1. The Morgan fingerprint density at radius 3 is 2.72 bits per heavy atom. The molecule has 0 spiro atoms. The van der Waals surface area contributed by atoms with Crippen LogP contribution in [-0.4, -0.2) is 47.8 Å². The highest BCUT2D eigenvalue weighted by Gasteiger charge is 2.26. The molecule has 1 saturated heterocycles. The number of carbonyl (C=O) groups is 1. The highest BCUT2D eigenvalue weighted by Crippen LogP contribution is 2.24. The van der Waals surface area contributed by atoms with Gasteiger partial charge in [-0.05, 0) is 38.2 Å². The first kappa shape index (κ1) is 18.2. The number of piperidine rings is 1. The lowest BCUT2D eigenvalue weighted by Crippen LogP contribution is -2.48. The van der Waals surface area contributed by atoms with Gasteiger partial charge in [-0.2, -0.15) is 0 Å². The molecule has 2 fully saturated rings. The van der Waals surface area contributed by atoms with Gasteiger partial charge in [0.15, 0.2) is 0 Å². The first-order valence-corrected chi connectivity index (χ1v) is 9.60. The van der Waals surface area contributed by atoms with Crippen LogP contribution in [0.5, 0.6) is 0 Å². The van der Waals surface area contributed by atoms with E-state index in [1.807, 2.05) is 0 Å². The highest BCUT2D eigenvalue weighted by atomic mass is 16.3.